The highest BCUT2D eigenvalue weighted by atomic mass is 35.5. The molecule has 1 aliphatic rings. The first-order valence-corrected chi connectivity index (χ1v) is 8.11. The molecule has 4 heteroatoms. The molecule has 0 spiro atoms. The van der Waals surface area contributed by atoms with Crippen LogP contribution in [0, 0.1) is 11.8 Å². The minimum atomic E-state index is 0. The third kappa shape index (κ3) is 4.99. The van der Waals surface area contributed by atoms with Gasteiger partial charge in [0.1, 0.15) is 0 Å². The van der Waals surface area contributed by atoms with Crippen LogP contribution in [0.1, 0.15) is 44.7 Å². The van der Waals surface area contributed by atoms with Gasteiger partial charge in [0.15, 0.2) is 0 Å². The lowest BCUT2D eigenvalue weighted by Crippen LogP contribution is -2.36. The van der Waals surface area contributed by atoms with E-state index in [1.165, 1.54) is 18.4 Å². The van der Waals surface area contributed by atoms with E-state index in [1.54, 1.807) is 0 Å². The van der Waals surface area contributed by atoms with Gasteiger partial charge in [0.2, 0.25) is 5.91 Å². The molecule has 22 heavy (non-hydrogen) atoms. The molecule has 0 aromatic heterocycles. The molecule has 0 radical (unpaired) electrons. The largest absolute Gasteiger partial charge is 0.339 e. The number of halogens is 1. The van der Waals surface area contributed by atoms with Crippen LogP contribution in [0.5, 0.6) is 0 Å². The number of benzene rings is 1. The molecule has 3 atom stereocenters. The van der Waals surface area contributed by atoms with Gasteiger partial charge in [0.05, 0.1) is 6.04 Å². The van der Waals surface area contributed by atoms with Gasteiger partial charge >= 0.3 is 0 Å². The predicted molar refractivity (Wildman–Crippen MR) is 94.2 cm³/mol. The molecule has 1 aromatic rings. The SMILES string of the molecule is CC(CC(=O)N(C)C(C)c1ccccc1)C1CCCNC1.Cl. The first kappa shape index (κ1) is 19.0. The van der Waals surface area contributed by atoms with Gasteiger partial charge in [0, 0.05) is 13.5 Å². The van der Waals surface area contributed by atoms with Crippen molar-refractivity contribution in [2.45, 2.75) is 39.2 Å². The standard InChI is InChI=1S/C18H28N2O.ClH/c1-14(17-10-7-11-19-13-17)12-18(21)20(3)15(2)16-8-5-4-6-9-16;/h4-6,8-9,14-15,17,19H,7,10-13H2,1-3H3;1H. The summed E-state index contributed by atoms with van der Waals surface area (Å²) in [6, 6.07) is 10.4. The molecule has 124 valence electrons. The molecule has 0 bridgehead atoms. The van der Waals surface area contributed by atoms with Gasteiger partial charge in [0.25, 0.3) is 0 Å². The first-order valence-electron chi connectivity index (χ1n) is 8.11. The van der Waals surface area contributed by atoms with Crippen molar-refractivity contribution in [3.63, 3.8) is 0 Å². The number of rotatable bonds is 5. The second kappa shape index (κ2) is 9.16. The lowest BCUT2D eigenvalue weighted by atomic mass is 9.85. The van der Waals surface area contributed by atoms with E-state index in [0.29, 0.717) is 18.3 Å². The molecule has 1 saturated heterocycles. The monoisotopic (exact) mass is 324 g/mol. The lowest BCUT2D eigenvalue weighted by molar-refractivity contribution is -0.133. The van der Waals surface area contributed by atoms with Gasteiger partial charge in [-0.05, 0) is 50.3 Å². The number of hydrogen-bond acceptors (Lipinski definition) is 2. The van der Waals surface area contributed by atoms with Crippen molar-refractivity contribution in [1.29, 1.82) is 0 Å². The van der Waals surface area contributed by atoms with Crippen molar-refractivity contribution >= 4 is 18.3 Å². The van der Waals surface area contributed by atoms with Crippen LogP contribution >= 0.6 is 12.4 Å². The van der Waals surface area contributed by atoms with Crippen molar-refractivity contribution in [2.24, 2.45) is 11.8 Å². The first-order chi connectivity index (χ1) is 10.1. The maximum absolute atomic E-state index is 12.5. The fourth-order valence-corrected chi connectivity index (χ4v) is 3.12. The Morgan fingerprint density at radius 1 is 1.32 bits per heavy atom. The summed E-state index contributed by atoms with van der Waals surface area (Å²) < 4.78 is 0. The van der Waals surface area contributed by atoms with Crippen LogP contribution in [0.2, 0.25) is 0 Å². The average molecular weight is 325 g/mol. The Kier molecular flexibility index (Phi) is 7.91. The number of nitrogens with one attached hydrogen (secondary N) is 1. The summed E-state index contributed by atoms with van der Waals surface area (Å²) in [5.74, 6) is 1.35. The van der Waals surface area contributed by atoms with Crippen LogP contribution in [-0.4, -0.2) is 30.9 Å². The number of carbonyl (C=O) groups is 1. The van der Waals surface area contributed by atoms with Gasteiger partial charge in [-0.2, -0.15) is 0 Å². The molecular formula is C18H29ClN2O. The minimum absolute atomic E-state index is 0. The molecule has 1 aromatic carbocycles. The topological polar surface area (TPSA) is 32.3 Å². The smallest absolute Gasteiger partial charge is 0.223 e. The highest BCUT2D eigenvalue weighted by Crippen LogP contribution is 2.25. The van der Waals surface area contributed by atoms with Crippen molar-refractivity contribution < 1.29 is 4.79 Å². The minimum Gasteiger partial charge on any atom is -0.339 e. The van der Waals surface area contributed by atoms with E-state index in [4.69, 9.17) is 0 Å². The fraction of sp³-hybridized carbons (Fsp3) is 0.611. The molecule has 1 aliphatic heterocycles. The van der Waals surface area contributed by atoms with E-state index in [-0.39, 0.29) is 24.4 Å². The highest BCUT2D eigenvalue weighted by molar-refractivity contribution is 5.85. The summed E-state index contributed by atoms with van der Waals surface area (Å²) in [7, 11) is 1.92. The number of piperidine rings is 1. The van der Waals surface area contributed by atoms with Crippen LogP contribution in [0.25, 0.3) is 0 Å². The summed E-state index contributed by atoms with van der Waals surface area (Å²) >= 11 is 0. The number of carbonyl (C=O) groups excluding carboxylic acids is 1. The summed E-state index contributed by atoms with van der Waals surface area (Å²) in [5.41, 5.74) is 1.19. The van der Waals surface area contributed by atoms with Gasteiger partial charge in [-0.1, -0.05) is 37.3 Å². The fourth-order valence-electron chi connectivity index (χ4n) is 3.12. The number of nitrogens with zero attached hydrogens (tertiary/aromatic N) is 1. The van der Waals surface area contributed by atoms with Gasteiger partial charge in [-0.15, -0.1) is 12.4 Å². The van der Waals surface area contributed by atoms with Crippen molar-refractivity contribution in [1.82, 2.24) is 10.2 Å². The Bertz CT molecular complexity index is 446. The van der Waals surface area contributed by atoms with Crippen molar-refractivity contribution in [3.8, 4) is 0 Å². The molecule has 1 heterocycles. The Morgan fingerprint density at radius 3 is 2.59 bits per heavy atom. The van der Waals surface area contributed by atoms with E-state index < -0.39 is 0 Å². The molecule has 3 nitrogen and oxygen atoms in total. The molecule has 2 rings (SSSR count). The Morgan fingerprint density at radius 2 is 2.00 bits per heavy atom. The predicted octanol–water partition coefficient (Wildman–Crippen LogP) is 3.65. The third-order valence-corrected chi connectivity index (χ3v) is 4.89. The van der Waals surface area contributed by atoms with E-state index >= 15 is 0 Å². The van der Waals surface area contributed by atoms with E-state index in [1.807, 2.05) is 30.1 Å². The Balaban J connectivity index is 0.00000242. The number of hydrogen-bond donors (Lipinski definition) is 1. The molecule has 0 aliphatic carbocycles. The van der Waals surface area contributed by atoms with Crippen molar-refractivity contribution in [3.05, 3.63) is 35.9 Å². The van der Waals surface area contributed by atoms with Crippen LogP contribution in [0.4, 0.5) is 0 Å². The summed E-state index contributed by atoms with van der Waals surface area (Å²) in [6.45, 7) is 6.51. The third-order valence-electron chi connectivity index (χ3n) is 4.89. The molecule has 3 unspecified atom stereocenters. The molecule has 1 amide bonds. The van der Waals surface area contributed by atoms with Crippen molar-refractivity contribution in [2.75, 3.05) is 20.1 Å². The van der Waals surface area contributed by atoms with E-state index in [0.717, 1.165) is 13.1 Å². The molecular weight excluding hydrogens is 296 g/mol. The van der Waals surface area contributed by atoms with Crippen LogP contribution in [0.15, 0.2) is 30.3 Å². The normalized spacial score (nSPS) is 20.6. The van der Waals surface area contributed by atoms with Crippen LogP contribution in [-0.2, 0) is 4.79 Å². The van der Waals surface area contributed by atoms with Gasteiger partial charge < -0.3 is 10.2 Å². The Labute approximate surface area is 140 Å². The lowest BCUT2D eigenvalue weighted by Gasteiger charge is -2.31. The zero-order valence-corrected chi connectivity index (χ0v) is 14.7. The average Bonchev–Trinajstić information content (AvgIpc) is 2.55. The van der Waals surface area contributed by atoms with Gasteiger partial charge in [-0.25, -0.2) is 0 Å². The van der Waals surface area contributed by atoms with Crippen LogP contribution < -0.4 is 5.32 Å². The Hall–Kier alpha value is -1.06. The zero-order chi connectivity index (χ0) is 15.2. The number of amides is 1. The summed E-state index contributed by atoms with van der Waals surface area (Å²) in [5, 5.41) is 3.44. The maximum atomic E-state index is 12.5. The molecule has 0 saturated carbocycles. The van der Waals surface area contributed by atoms with Crippen LogP contribution in [0.3, 0.4) is 0 Å². The summed E-state index contributed by atoms with van der Waals surface area (Å²) in [4.78, 5) is 14.4. The molecule has 1 fully saturated rings. The maximum Gasteiger partial charge on any atom is 0.223 e. The second-order valence-corrected chi connectivity index (χ2v) is 6.38. The second-order valence-electron chi connectivity index (χ2n) is 6.38. The highest BCUT2D eigenvalue weighted by Gasteiger charge is 2.25. The van der Waals surface area contributed by atoms with Gasteiger partial charge in [-0.3, -0.25) is 4.79 Å². The van der Waals surface area contributed by atoms with E-state index in [9.17, 15) is 4.79 Å². The summed E-state index contributed by atoms with van der Waals surface area (Å²) in [6.07, 6.45) is 3.14. The van der Waals surface area contributed by atoms with E-state index in [2.05, 4.69) is 31.3 Å². The quantitative estimate of drug-likeness (QED) is 0.896. The zero-order valence-electron chi connectivity index (χ0n) is 13.9. The molecule has 1 N–H and O–H groups in total.